The number of carbonyl (C=O) groups is 3. The van der Waals surface area contributed by atoms with Crippen LogP contribution in [-0.4, -0.2) is 79.8 Å². The largest absolute Gasteiger partial charge is 0.493 e. The predicted molar refractivity (Wildman–Crippen MR) is 181 cm³/mol. The zero-order valence-corrected chi connectivity index (χ0v) is 27.9. The van der Waals surface area contributed by atoms with Crippen LogP contribution in [0.25, 0.3) is 22.0 Å². The van der Waals surface area contributed by atoms with Crippen molar-refractivity contribution in [2.24, 2.45) is 0 Å². The average molecular weight is 688 g/mol. The molecule has 1 aliphatic carbocycles. The molecule has 6 rings (SSSR count). The number of amides is 2. The summed E-state index contributed by atoms with van der Waals surface area (Å²) in [6, 6.07) is 13.1. The van der Waals surface area contributed by atoms with Crippen LogP contribution in [0.2, 0.25) is 0 Å². The van der Waals surface area contributed by atoms with Crippen LogP contribution in [0.4, 0.5) is 9.59 Å². The van der Waals surface area contributed by atoms with Gasteiger partial charge in [-0.2, -0.15) is 0 Å². The van der Waals surface area contributed by atoms with Gasteiger partial charge in [-0.05, 0) is 54.8 Å². The Bertz CT molecular complexity index is 2010. The lowest BCUT2D eigenvalue weighted by molar-refractivity contribution is 0.0876. The normalized spacial score (nSPS) is 12.4. The molecule has 1 aliphatic heterocycles. The van der Waals surface area contributed by atoms with Gasteiger partial charge in [-0.1, -0.05) is 19.1 Å². The quantitative estimate of drug-likeness (QED) is 0.179. The van der Waals surface area contributed by atoms with Crippen molar-refractivity contribution >= 4 is 28.7 Å². The van der Waals surface area contributed by atoms with E-state index in [-0.39, 0.29) is 56.4 Å². The van der Waals surface area contributed by atoms with E-state index in [1.54, 1.807) is 48.5 Å². The fourth-order valence-electron chi connectivity index (χ4n) is 6.05. The minimum absolute atomic E-state index is 0.00496. The standard InChI is InChI=1S/C36H37N3O11/c1-4-10-37-35(43)50-22-8-6-21(7-9-22)19-47-36(44)38(13-14-40)11-5-12-39-32-24-16-29-30(49-20-48-29)17-25(24)33(41)31(32)23-15-27(45-2)28(46-3)18-26(23)34(39)42/h6-9,15-18,40H,4-5,10-14,19-20H2,1-3H3,(H,37,43). The number of aromatic nitrogens is 1. The summed E-state index contributed by atoms with van der Waals surface area (Å²) >= 11 is 0. The van der Waals surface area contributed by atoms with E-state index in [1.807, 2.05) is 6.92 Å². The predicted octanol–water partition coefficient (Wildman–Crippen LogP) is 4.48. The maximum absolute atomic E-state index is 14.2. The minimum Gasteiger partial charge on any atom is -0.493 e. The number of hydrogen-bond donors (Lipinski definition) is 2. The third-order valence-corrected chi connectivity index (χ3v) is 8.47. The molecule has 0 bridgehead atoms. The monoisotopic (exact) mass is 687 g/mol. The summed E-state index contributed by atoms with van der Waals surface area (Å²) in [4.78, 5) is 54.4. The van der Waals surface area contributed by atoms with Gasteiger partial charge in [0.05, 0.1) is 37.5 Å². The van der Waals surface area contributed by atoms with E-state index in [0.717, 1.165) is 6.42 Å². The lowest BCUT2D eigenvalue weighted by atomic mass is 10.0. The highest BCUT2D eigenvalue weighted by Gasteiger charge is 2.36. The first kappa shape index (κ1) is 34.1. The molecule has 0 radical (unpaired) electrons. The first-order chi connectivity index (χ1) is 24.3. The maximum Gasteiger partial charge on any atom is 0.412 e. The summed E-state index contributed by atoms with van der Waals surface area (Å²) in [5, 5.41) is 13.0. The summed E-state index contributed by atoms with van der Waals surface area (Å²) in [6.07, 6.45) is -0.130. The fraction of sp³-hybridized carbons (Fsp3) is 0.333. The van der Waals surface area contributed by atoms with Crippen molar-refractivity contribution in [3.8, 4) is 40.0 Å². The third kappa shape index (κ3) is 6.61. The molecule has 3 aromatic carbocycles. The SMILES string of the molecule is CCCNC(=O)Oc1ccc(COC(=O)N(CCO)CCCn2c3c(c4cc(OC)c(OC)cc4c2=O)C(=O)c2cc4c(cc2-3)OCO4)cc1. The zero-order valence-electron chi connectivity index (χ0n) is 27.9. The molecule has 2 aliphatic rings. The molecular formula is C36H37N3O11. The number of nitrogens with zero attached hydrogens (tertiary/aromatic N) is 2. The van der Waals surface area contributed by atoms with Gasteiger partial charge in [-0.15, -0.1) is 0 Å². The molecule has 2 heterocycles. The van der Waals surface area contributed by atoms with Gasteiger partial charge in [0.15, 0.2) is 28.8 Å². The molecule has 1 aromatic heterocycles. The number of carbonyl (C=O) groups excluding carboxylic acids is 3. The number of nitrogens with one attached hydrogen (secondary N) is 1. The number of hydrogen-bond acceptors (Lipinski definition) is 11. The third-order valence-electron chi connectivity index (χ3n) is 8.47. The lowest BCUT2D eigenvalue weighted by Crippen LogP contribution is -2.36. The van der Waals surface area contributed by atoms with Gasteiger partial charge in [-0.25, -0.2) is 9.59 Å². The summed E-state index contributed by atoms with van der Waals surface area (Å²) in [5.74, 6) is 1.69. The summed E-state index contributed by atoms with van der Waals surface area (Å²) in [7, 11) is 2.94. The number of pyridine rings is 1. The summed E-state index contributed by atoms with van der Waals surface area (Å²) < 4.78 is 34.3. The Morgan fingerprint density at radius 2 is 1.62 bits per heavy atom. The van der Waals surface area contributed by atoms with Gasteiger partial charge < -0.3 is 48.3 Å². The molecule has 0 unspecified atom stereocenters. The number of ether oxygens (including phenoxy) is 6. The van der Waals surface area contributed by atoms with Crippen molar-refractivity contribution in [3.63, 3.8) is 0 Å². The second-order valence-corrected chi connectivity index (χ2v) is 11.6. The van der Waals surface area contributed by atoms with Gasteiger partial charge in [0.25, 0.3) is 5.56 Å². The number of rotatable bonds is 13. The van der Waals surface area contributed by atoms with Crippen molar-refractivity contribution in [2.45, 2.75) is 32.9 Å². The van der Waals surface area contributed by atoms with Crippen molar-refractivity contribution in [1.82, 2.24) is 14.8 Å². The Morgan fingerprint density at radius 1 is 0.940 bits per heavy atom. The number of aliphatic hydroxyl groups is 1. The first-order valence-corrected chi connectivity index (χ1v) is 16.2. The van der Waals surface area contributed by atoms with Crippen molar-refractivity contribution in [3.05, 3.63) is 75.6 Å². The minimum atomic E-state index is -0.653. The van der Waals surface area contributed by atoms with Crippen LogP contribution in [0.1, 0.15) is 41.3 Å². The van der Waals surface area contributed by atoms with Crippen molar-refractivity contribution in [1.29, 1.82) is 0 Å². The van der Waals surface area contributed by atoms with Crippen molar-refractivity contribution < 1.29 is 47.9 Å². The second-order valence-electron chi connectivity index (χ2n) is 11.6. The molecule has 0 saturated carbocycles. The van der Waals surface area contributed by atoms with Crippen LogP contribution in [0, 0.1) is 0 Å². The number of methoxy groups -OCH3 is 2. The molecule has 0 fully saturated rings. The Kier molecular flexibility index (Phi) is 10.1. The molecule has 0 spiro atoms. The van der Waals surface area contributed by atoms with Gasteiger partial charge >= 0.3 is 12.2 Å². The van der Waals surface area contributed by atoms with Crippen LogP contribution in [0.3, 0.4) is 0 Å². The maximum atomic E-state index is 14.2. The molecule has 262 valence electrons. The van der Waals surface area contributed by atoms with Crippen LogP contribution >= 0.6 is 0 Å². The Labute approximate surface area is 287 Å². The number of benzene rings is 3. The molecule has 2 N–H and O–H groups in total. The first-order valence-electron chi connectivity index (χ1n) is 16.2. The molecule has 0 saturated heterocycles. The number of aliphatic hydroxyl groups excluding tert-OH is 1. The van der Waals surface area contributed by atoms with E-state index in [0.29, 0.717) is 75.0 Å². The highest BCUT2D eigenvalue weighted by atomic mass is 16.7. The van der Waals surface area contributed by atoms with Crippen LogP contribution in [-0.2, 0) is 17.9 Å². The van der Waals surface area contributed by atoms with Crippen LogP contribution < -0.4 is 34.6 Å². The Morgan fingerprint density at radius 3 is 2.28 bits per heavy atom. The molecule has 14 heteroatoms. The van der Waals surface area contributed by atoms with E-state index in [9.17, 15) is 24.3 Å². The number of fused-ring (bicyclic) bond motifs is 6. The molecule has 4 aromatic rings. The topological polar surface area (TPSA) is 164 Å². The van der Waals surface area contributed by atoms with Gasteiger partial charge in [0.2, 0.25) is 6.79 Å². The highest BCUT2D eigenvalue weighted by Crippen LogP contribution is 2.47. The summed E-state index contributed by atoms with van der Waals surface area (Å²) in [5.41, 5.74) is 1.99. The smallest absolute Gasteiger partial charge is 0.412 e. The average Bonchev–Trinajstić information content (AvgIpc) is 3.71. The van der Waals surface area contributed by atoms with E-state index in [2.05, 4.69) is 5.32 Å². The van der Waals surface area contributed by atoms with E-state index in [1.165, 1.54) is 23.7 Å². The molecular weight excluding hydrogens is 650 g/mol. The van der Waals surface area contributed by atoms with E-state index >= 15 is 0 Å². The Balaban J connectivity index is 1.22. The molecule has 0 atom stereocenters. The molecule has 14 nitrogen and oxygen atoms in total. The molecule has 2 amide bonds. The second kappa shape index (κ2) is 14.8. The number of ketones is 1. The van der Waals surface area contributed by atoms with Crippen molar-refractivity contribution in [2.75, 3.05) is 47.3 Å². The van der Waals surface area contributed by atoms with Gasteiger partial charge in [-0.3, -0.25) is 9.59 Å². The van der Waals surface area contributed by atoms with Gasteiger partial charge in [0.1, 0.15) is 12.4 Å². The highest BCUT2D eigenvalue weighted by molar-refractivity contribution is 6.27. The Hall–Kier alpha value is -5.76. The molecule has 50 heavy (non-hydrogen) atoms. The van der Waals surface area contributed by atoms with E-state index in [4.69, 9.17) is 28.4 Å². The fourth-order valence-corrected chi connectivity index (χ4v) is 6.05. The summed E-state index contributed by atoms with van der Waals surface area (Å²) in [6.45, 7) is 2.39. The van der Waals surface area contributed by atoms with E-state index < -0.39 is 12.2 Å². The van der Waals surface area contributed by atoms with Crippen LogP contribution in [0.15, 0.2) is 53.3 Å². The zero-order chi connectivity index (χ0) is 35.4. The van der Waals surface area contributed by atoms with Crippen LogP contribution in [0.5, 0.6) is 28.7 Å². The lowest BCUT2D eigenvalue weighted by Gasteiger charge is -2.22. The van der Waals surface area contributed by atoms with Gasteiger partial charge in [0, 0.05) is 42.7 Å².